The zero-order valence-corrected chi connectivity index (χ0v) is 15.8. The lowest BCUT2D eigenvalue weighted by Gasteiger charge is -2.36. The Hall–Kier alpha value is -3.28. The smallest absolute Gasteiger partial charge is 0.328 e. The first-order valence-corrected chi connectivity index (χ1v) is 9.51. The average Bonchev–Trinajstić information content (AvgIpc) is 3.21. The fourth-order valence-corrected chi connectivity index (χ4v) is 4.55. The number of nitrogens with zero attached hydrogens (tertiary/aromatic N) is 2. The van der Waals surface area contributed by atoms with Gasteiger partial charge in [0.25, 0.3) is 5.91 Å². The Kier molecular flexibility index (Phi) is 3.69. The third-order valence-electron chi connectivity index (χ3n) is 5.88. The molecular formula is C22H21N3O3. The quantitative estimate of drug-likeness (QED) is 0.713. The summed E-state index contributed by atoms with van der Waals surface area (Å²) in [6.07, 6.45) is 0.535. The first-order valence-electron chi connectivity index (χ1n) is 9.51. The number of amides is 3. The topological polar surface area (TPSA) is 65.6 Å². The number of imide groups is 1. The number of hydrogen-bond donors (Lipinski definition) is 1. The van der Waals surface area contributed by atoms with Crippen molar-refractivity contribution in [3.05, 3.63) is 65.4 Å². The summed E-state index contributed by atoms with van der Waals surface area (Å²) in [5, 5.41) is 1.12. The minimum atomic E-state index is -0.466. The number of ether oxygens (including phenoxy) is 1. The number of rotatable bonds is 3. The monoisotopic (exact) mass is 375 g/mol. The van der Waals surface area contributed by atoms with Crippen LogP contribution in [0.5, 0.6) is 5.75 Å². The van der Waals surface area contributed by atoms with Gasteiger partial charge < -0.3 is 9.72 Å². The molecule has 2 aliphatic rings. The van der Waals surface area contributed by atoms with Crippen LogP contribution in [0.15, 0.2) is 48.5 Å². The molecule has 3 heterocycles. The molecule has 1 fully saturated rings. The number of likely N-dealkylation sites (N-methyl/N-ethyl adjacent to an activating group) is 1. The van der Waals surface area contributed by atoms with Crippen LogP contribution in [0.25, 0.3) is 10.9 Å². The maximum Gasteiger partial charge on any atom is 0.328 e. The molecule has 3 amide bonds. The number of benzene rings is 2. The molecule has 0 unspecified atom stereocenters. The summed E-state index contributed by atoms with van der Waals surface area (Å²) in [6.45, 7) is 2.22. The summed E-state index contributed by atoms with van der Waals surface area (Å²) in [7, 11) is 1.63. The second kappa shape index (κ2) is 6.12. The van der Waals surface area contributed by atoms with E-state index >= 15 is 0 Å². The number of para-hydroxylation sites is 1. The minimum Gasteiger partial charge on any atom is -0.497 e. The number of methoxy groups -OCH3 is 1. The van der Waals surface area contributed by atoms with Gasteiger partial charge >= 0.3 is 6.03 Å². The van der Waals surface area contributed by atoms with Crippen molar-refractivity contribution >= 4 is 22.8 Å². The molecule has 28 heavy (non-hydrogen) atoms. The molecule has 0 aliphatic carbocycles. The molecule has 0 saturated carbocycles. The van der Waals surface area contributed by atoms with E-state index in [4.69, 9.17) is 4.74 Å². The SMILES string of the molecule is CCN1C(=O)[C@H]2Cc3c([nH]c4ccccc34)[C@H](c3ccc(OC)cc3)N2C1=O. The number of carbonyl (C=O) groups excluding carboxylic acids is 2. The van der Waals surface area contributed by atoms with Gasteiger partial charge in [0.15, 0.2) is 0 Å². The Balaban J connectivity index is 1.73. The molecular weight excluding hydrogens is 354 g/mol. The van der Waals surface area contributed by atoms with E-state index < -0.39 is 6.04 Å². The van der Waals surface area contributed by atoms with Gasteiger partial charge in [0.05, 0.1) is 7.11 Å². The number of H-pyrrole nitrogens is 1. The summed E-state index contributed by atoms with van der Waals surface area (Å²) in [5.74, 6) is 0.647. The van der Waals surface area contributed by atoms with Crippen molar-refractivity contribution in [2.45, 2.75) is 25.4 Å². The Morgan fingerprint density at radius 3 is 2.57 bits per heavy atom. The number of nitrogens with one attached hydrogen (secondary N) is 1. The van der Waals surface area contributed by atoms with Crippen molar-refractivity contribution in [1.82, 2.24) is 14.8 Å². The van der Waals surface area contributed by atoms with Crippen LogP contribution >= 0.6 is 0 Å². The largest absolute Gasteiger partial charge is 0.497 e. The van der Waals surface area contributed by atoms with E-state index in [-0.39, 0.29) is 18.0 Å². The zero-order chi connectivity index (χ0) is 19.4. The van der Waals surface area contributed by atoms with E-state index in [1.807, 2.05) is 49.4 Å². The van der Waals surface area contributed by atoms with Crippen LogP contribution in [0, 0.1) is 0 Å². The first kappa shape index (κ1) is 16.9. The highest BCUT2D eigenvalue weighted by Crippen LogP contribution is 2.44. The van der Waals surface area contributed by atoms with E-state index in [2.05, 4.69) is 11.1 Å². The standard InChI is InChI=1S/C22H21N3O3/c1-3-24-21(26)18-12-16-15-6-4-5-7-17(15)23-19(16)20(25(18)22(24)27)13-8-10-14(28-2)11-9-13/h4-11,18,20,23H,3,12H2,1-2H3/t18-,20+/m1/s1. The molecule has 3 aromatic rings. The lowest BCUT2D eigenvalue weighted by Crippen LogP contribution is -2.44. The molecule has 2 aromatic carbocycles. The average molecular weight is 375 g/mol. The third-order valence-corrected chi connectivity index (χ3v) is 5.88. The molecule has 0 bridgehead atoms. The van der Waals surface area contributed by atoms with Crippen LogP contribution in [0.4, 0.5) is 4.79 Å². The maximum absolute atomic E-state index is 13.1. The lowest BCUT2D eigenvalue weighted by molar-refractivity contribution is -0.128. The molecule has 142 valence electrons. The molecule has 2 atom stereocenters. The number of aromatic nitrogens is 1. The predicted octanol–water partition coefficient (Wildman–Crippen LogP) is 3.47. The van der Waals surface area contributed by atoms with E-state index in [0.717, 1.165) is 33.5 Å². The number of carbonyl (C=O) groups is 2. The molecule has 0 spiro atoms. The van der Waals surface area contributed by atoms with E-state index in [0.29, 0.717) is 13.0 Å². The van der Waals surface area contributed by atoms with Crippen LogP contribution in [0.2, 0.25) is 0 Å². The van der Waals surface area contributed by atoms with Gasteiger partial charge in [-0.1, -0.05) is 30.3 Å². The second-order valence-corrected chi connectivity index (χ2v) is 7.23. The molecule has 2 aliphatic heterocycles. The predicted molar refractivity (Wildman–Crippen MR) is 105 cm³/mol. The van der Waals surface area contributed by atoms with Crippen molar-refractivity contribution in [2.24, 2.45) is 0 Å². The summed E-state index contributed by atoms with van der Waals surface area (Å²) in [6, 6.07) is 14.8. The molecule has 0 radical (unpaired) electrons. The van der Waals surface area contributed by atoms with Gasteiger partial charge in [0, 0.05) is 29.6 Å². The van der Waals surface area contributed by atoms with Crippen molar-refractivity contribution < 1.29 is 14.3 Å². The Morgan fingerprint density at radius 1 is 1.11 bits per heavy atom. The van der Waals surface area contributed by atoms with Gasteiger partial charge in [-0.05, 0) is 36.2 Å². The summed E-state index contributed by atoms with van der Waals surface area (Å²) in [5.41, 5.74) is 4.09. The number of hydrogen-bond acceptors (Lipinski definition) is 3. The van der Waals surface area contributed by atoms with Crippen molar-refractivity contribution in [1.29, 1.82) is 0 Å². The van der Waals surface area contributed by atoms with Crippen LogP contribution in [0.3, 0.4) is 0 Å². The fraction of sp³-hybridized carbons (Fsp3) is 0.273. The van der Waals surface area contributed by atoms with Crippen LogP contribution in [0.1, 0.15) is 29.8 Å². The van der Waals surface area contributed by atoms with Gasteiger partial charge in [-0.15, -0.1) is 0 Å². The van der Waals surface area contributed by atoms with Gasteiger partial charge in [-0.2, -0.15) is 0 Å². The lowest BCUT2D eigenvalue weighted by atomic mass is 9.89. The Bertz CT molecular complexity index is 1090. The van der Waals surface area contributed by atoms with Gasteiger partial charge in [-0.3, -0.25) is 14.6 Å². The van der Waals surface area contributed by atoms with E-state index in [9.17, 15) is 9.59 Å². The molecule has 1 N–H and O–H groups in total. The van der Waals surface area contributed by atoms with Crippen molar-refractivity contribution in [3.63, 3.8) is 0 Å². The summed E-state index contributed by atoms with van der Waals surface area (Å²) >= 11 is 0. The van der Waals surface area contributed by atoms with Crippen LogP contribution < -0.4 is 4.74 Å². The number of fused-ring (bicyclic) bond motifs is 4. The summed E-state index contributed by atoms with van der Waals surface area (Å²) < 4.78 is 5.28. The highest BCUT2D eigenvalue weighted by atomic mass is 16.5. The van der Waals surface area contributed by atoms with E-state index in [1.54, 1.807) is 12.0 Å². The normalized spacial score (nSPS) is 21.2. The third kappa shape index (κ3) is 2.21. The fourth-order valence-electron chi connectivity index (χ4n) is 4.55. The molecule has 1 aromatic heterocycles. The highest BCUT2D eigenvalue weighted by Gasteiger charge is 2.51. The minimum absolute atomic E-state index is 0.109. The Labute approximate surface area is 162 Å². The first-order chi connectivity index (χ1) is 13.6. The zero-order valence-electron chi connectivity index (χ0n) is 15.8. The maximum atomic E-state index is 13.1. The molecule has 6 heteroatoms. The van der Waals surface area contributed by atoms with Crippen molar-refractivity contribution in [2.75, 3.05) is 13.7 Å². The molecule has 1 saturated heterocycles. The van der Waals surface area contributed by atoms with Gasteiger partial charge in [-0.25, -0.2) is 4.79 Å². The number of urea groups is 1. The van der Waals surface area contributed by atoms with Crippen molar-refractivity contribution in [3.8, 4) is 5.75 Å². The summed E-state index contributed by atoms with van der Waals surface area (Å²) in [4.78, 5) is 32.7. The van der Waals surface area contributed by atoms with Crippen LogP contribution in [-0.4, -0.2) is 46.4 Å². The highest BCUT2D eigenvalue weighted by molar-refractivity contribution is 6.05. The molecule has 6 nitrogen and oxygen atoms in total. The number of aromatic amines is 1. The van der Waals surface area contributed by atoms with Gasteiger partial charge in [0.2, 0.25) is 0 Å². The molecule has 5 rings (SSSR count). The van der Waals surface area contributed by atoms with Gasteiger partial charge in [0.1, 0.15) is 17.8 Å². The van der Waals surface area contributed by atoms with Crippen LogP contribution in [-0.2, 0) is 11.2 Å². The second-order valence-electron chi connectivity index (χ2n) is 7.23. The van der Waals surface area contributed by atoms with E-state index in [1.165, 1.54) is 4.90 Å². The Morgan fingerprint density at radius 2 is 1.86 bits per heavy atom.